The number of pyridine rings is 1. The molecule has 0 unspecified atom stereocenters. The summed E-state index contributed by atoms with van der Waals surface area (Å²) >= 11 is 0. The molecule has 1 aromatic carbocycles. The van der Waals surface area contributed by atoms with E-state index < -0.39 is 0 Å². The molecule has 1 aromatic heterocycles. The van der Waals surface area contributed by atoms with Crippen LogP contribution < -0.4 is 10.6 Å². The Labute approximate surface area is 105 Å². The topological polar surface area (TPSA) is 59.2 Å². The third-order valence-corrected chi connectivity index (χ3v) is 3.17. The molecule has 0 aliphatic carbocycles. The van der Waals surface area contributed by atoms with Crippen LogP contribution in [0.15, 0.2) is 42.6 Å². The number of nitrogens with two attached hydrogens (primary N) is 1. The molecule has 2 heterocycles. The summed E-state index contributed by atoms with van der Waals surface area (Å²) in [4.78, 5) is 18.1. The van der Waals surface area contributed by atoms with Crippen molar-refractivity contribution in [1.29, 1.82) is 0 Å². The number of hydrogen-bond donors (Lipinski definition) is 1. The molecule has 0 radical (unpaired) electrons. The van der Waals surface area contributed by atoms with Gasteiger partial charge in [0.2, 0.25) is 0 Å². The third kappa shape index (κ3) is 1.72. The molecular formula is C14H13N3O. The average molecular weight is 239 g/mol. The molecular weight excluding hydrogens is 226 g/mol. The van der Waals surface area contributed by atoms with E-state index >= 15 is 0 Å². The fourth-order valence-electron chi connectivity index (χ4n) is 2.24. The predicted octanol–water partition coefficient (Wildman–Crippen LogP) is 1.87. The Morgan fingerprint density at radius 1 is 1.22 bits per heavy atom. The van der Waals surface area contributed by atoms with Crippen molar-refractivity contribution >= 4 is 17.4 Å². The summed E-state index contributed by atoms with van der Waals surface area (Å²) in [6, 6.07) is 11.3. The van der Waals surface area contributed by atoms with Crippen LogP contribution in [0.4, 0.5) is 11.5 Å². The highest BCUT2D eigenvalue weighted by Gasteiger charge is 2.25. The third-order valence-electron chi connectivity index (χ3n) is 3.17. The molecule has 0 saturated carbocycles. The lowest BCUT2D eigenvalue weighted by atomic mass is 10.2. The van der Waals surface area contributed by atoms with Crippen LogP contribution >= 0.6 is 0 Å². The first kappa shape index (κ1) is 10.8. The molecule has 2 N–H and O–H groups in total. The SMILES string of the molecule is Nc1ccc(C(=O)N2CCc3ccccc32)cn1. The van der Waals surface area contributed by atoms with E-state index in [0.29, 0.717) is 11.4 Å². The number of para-hydroxylation sites is 1. The van der Waals surface area contributed by atoms with E-state index in [4.69, 9.17) is 5.73 Å². The number of nitrogen functional groups attached to an aromatic ring is 1. The van der Waals surface area contributed by atoms with Crippen LogP contribution in [-0.4, -0.2) is 17.4 Å². The van der Waals surface area contributed by atoms with Crippen LogP contribution in [0.2, 0.25) is 0 Å². The Bertz CT molecular complexity index is 592. The van der Waals surface area contributed by atoms with E-state index in [0.717, 1.165) is 18.7 Å². The molecule has 3 rings (SSSR count). The predicted molar refractivity (Wildman–Crippen MR) is 70.5 cm³/mol. The largest absolute Gasteiger partial charge is 0.384 e. The van der Waals surface area contributed by atoms with Gasteiger partial charge in [0, 0.05) is 18.4 Å². The highest BCUT2D eigenvalue weighted by atomic mass is 16.2. The van der Waals surface area contributed by atoms with Crippen molar-refractivity contribution in [3.05, 3.63) is 53.7 Å². The van der Waals surface area contributed by atoms with Gasteiger partial charge in [-0.1, -0.05) is 18.2 Å². The van der Waals surface area contributed by atoms with Gasteiger partial charge in [-0.25, -0.2) is 4.98 Å². The van der Waals surface area contributed by atoms with Crippen LogP contribution in [0, 0.1) is 0 Å². The van der Waals surface area contributed by atoms with Gasteiger partial charge in [0.25, 0.3) is 5.91 Å². The number of amides is 1. The fraction of sp³-hybridized carbons (Fsp3) is 0.143. The van der Waals surface area contributed by atoms with E-state index in [2.05, 4.69) is 11.1 Å². The smallest absolute Gasteiger partial charge is 0.259 e. The van der Waals surface area contributed by atoms with E-state index in [1.807, 2.05) is 18.2 Å². The zero-order valence-corrected chi connectivity index (χ0v) is 9.84. The van der Waals surface area contributed by atoms with Gasteiger partial charge in [-0.2, -0.15) is 0 Å². The van der Waals surface area contributed by atoms with Crippen LogP contribution in [0.25, 0.3) is 0 Å². The average Bonchev–Trinajstić information content (AvgIpc) is 2.82. The highest BCUT2D eigenvalue weighted by molar-refractivity contribution is 6.07. The number of nitrogens with zero attached hydrogens (tertiary/aromatic N) is 2. The van der Waals surface area contributed by atoms with Crippen LogP contribution in [0.5, 0.6) is 0 Å². The lowest BCUT2D eigenvalue weighted by Crippen LogP contribution is -2.28. The standard InChI is InChI=1S/C14H13N3O/c15-13-6-5-11(9-16-13)14(18)17-8-7-10-3-1-2-4-12(10)17/h1-6,9H,7-8H2,(H2,15,16). The number of anilines is 2. The molecule has 4 heteroatoms. The highest BCUT2D eigenvalue weighted by Crippen LogP contribution is 2.28. The molecule has 4 nitrogen and oxygen atoms in total. The first-order chi connectivity index (χ1) is 8.75. The van der Waals surface area contributed by atoms with Gasteiger partial charge >= 0.3 is 0 Å². The van der Waals surface area contributed by atoms with Gasteiger partial charge in [0.05, 0.1) is 5.56 Å². The number of hydrogen-bond acceptors (Lipinski definition) is 3. The molecule has 0 saturated heterocycles. The second-order valence-corrected chi connectivity index (χ2v) is 4.31. The fourth-order valence-corrected chi connectivity index (χ4v) is 2.24. The maximum Gasteiger partial charge on any atom is 0.259 e. The summed E-state index contributed by atoms with van der Waals surface area (Å²) in [7, 11) is 0. The minimum absolute atomic E-state index is 0.0209. The molecule has 1 aliphatic rings. The van der Waals surface area contributed by atoms with E-state index in [9.17, 15) is 4.79 Å². The second-order valence-electron chi connectivity index (χ2n) is 4.31. The molecule has 2 aromatic rings. The lowest BCUT2D eigenvalue weighted by Gasteiger charge is -2.17. The molecule has 1 aliphatic heterocycles. The Hall–Kier alpha value is -2.36. The first-order valence-corrected chi connectivity index (χ1v) is 5.87. The maximum absolute atomic E-state index is 12.4. The van der Waals surface area contributed by atoms with E-state index in [1.165, 1.54) is 11.8 Å². The second kappa shape index (κ2) is 4.14. The Morgan fingerprint density at radius 2 is 2.06 bits per heavy atom. The van der Waals surface area contributed by atoms with Gasteiger partial charge < -0.3 is 10.6 Å². The van der Waals surface area contributed by atoms with Crippen molar-refractivity contribution in [1.82, 2.24) is 4.98 Å². The number of carbonyl (C=O) groups is 1. The zero-order valence-electron chi connectivity index (χ0n) is 9.84. The van der Waals surface area contributed by atoms with Gasteiger partial charge in [0.1, 0.15) is 5.82 Å². The summed E-state index contributed by atoms with van der Waals surface area (Å²) in [5, 5.41) is 0. The number of rotatable bonds is 1. The number of fused-ring (bicyclic) bond motifs is 1. The minimum Gasteiger partial charge on any atom is -0.384 e. The zero-order chi connectivity index (χ0) is 12.5. The molecule has 0 atom stereocenters. The summed E-state index contributed by atoms with van der Waals surface area (Å²) in [5.41, 5.74) is 8.31. The summed E-state index contributed by atoms with van der Waals surface area (Å²) < 4.78 is 0. The summed E-state index contributed by atoms with van der Waals surface area (Å²) in [6.07, 6.45) is 2.43. The molecule has 0 fully saturated rings. The van der Waals surface area contributed by atoms with Crippen molar-refractivity contribution in [2.75, 3.05) is 17.2 Å². The quantitative estimate of drug-likeness (QED) is 0.826. The Balaban J connectivity index is 1.93. The van der Waals surface area contributed by atoms with Crippen molar-refractivity contribution in [3.63, 3.8) is 0 Å². The van der Waals surface area contributed by atoms with Crippen LogP contribution in [0.1, 0.15) is 15.9 Å². The Morgan fingerprint density at radius 3 is 2.83 bits per heavy atom. The lowest BCUT2D eigenvalue weighted by molar-refractivity contribution is 0.0989. The van der Waals surface area contributed by atoms with Crippen LogP contribution in [0.3, 0.4) is 0 Å². The van der Waals surface area contributed by atoms with Crippen molar-refractivity contribution < 1.29 is 4.79 Å². The van der Waals surface area contributed by atoms with Gasteiger partial charge in [-0.05, 0) is 30.2 Å². The number of benzene rings is 1. The Kier molecular flexibility index (Phi) is 2.48. The van der Waals surface area contributed by atoms with Crippen molar-refractivity contribution in [2.24, 2.45) is 0 Å². The van der Waals surface area contributed by atoms with Crippen molar-refractivity contribution in [3.8, 4) is 0 Å². The van der Waals surface area contributed by atoms with Gasteiger partial charge in [0.15, 0.2) is 0 Å². The normalized spacial score (nSPS) is 13.4. The van der Waals surface area contributed by atoms with E-state index in [1.54, 1.807) is 17.0 Å². The molecule has 18 heavy (non-hydrogen) atoms. The van der Waals surface area contributed by atoms with E-state index in [-0.39, 0.29) is 5.91 Å². The summed E-state index contributed by atoms with van der Waals surface area (Å²) in [5.74, 6) is 0.404. The molecule has 90 valence electrons. The maximum atomic E-state index is 12.4. The molecule has 1 amide bonds. The number of carbonyl (C=O) groups excluding carboxylic acids is 1. The van der Waals surface area contributed by atoms with Crippen molar-refractivity contribution in [2.45, 2.75) is 6.42 Å². The summed E-state index contributed by atoms with van der Waals surface area (Å²) in [6.45, 7) is 0.725. The first-order valence-electron chi connectivity index (χ1n) is 5.87. The number of aromatic nitrogens is 1. The van der Waals surface area contributed by atoms with Gasteiger partial charge in [-0.3, -0.25) is 4.79 Å². The monoisotopic (exact) mass is 239 g/mol. The van der Waals surface area contributed by atoms with Gasteiger partial charge in [-0.15, -0.1) is 0 Å². The van der Waals surface area contributed by atoms with Crippen LogP contribution in [-0.2, 0) is 6.42 Å². The molecule has 0 spiro atoms. The molecule has 0 bridgehead atoms. The minimum atomic E-state index is -0.0209.